The van der Waals surface area contributed by atoms with Crippen LogP contribution in [0.1, 0.15) is 5.56 Å². The third kappa shape index (κ3) is 2.04. The quantitative estimate of drug-likeness (QED) is 0.439. The summed E-state index contributed by atoms with van der Waals surface area (Å²) < 4.78 is 0. The van der Waals surface area contributed by atoms with Gasteiger partial charge in [0.1, 0.15) is 0 Å². The predicted octanol–water partition coefficient (Wildman–Crippen LogP) is 5.41. The Bertz CT molecular complexity index is 1010. The van der Waals surface area contributed by atoms with Gasteiger partial charge in [-0.2, -0.15) is 0 Å². The SMILES string of the molecule is Cc1ccccc1-c1nc2cc(Cl)ccc2c2cccnc12. The second-order valence-corrected chi connectivity index (χ2v) is 5.77. The van der Waals surface area contributed by atoms with E-state index in [-0.39, 0.29) is 0 Å². The molecule has 0 radical (unpaired) electrons. The van der Waals surface area contributed by atoms with Gasteiger partial charge in [0, 0.05) is 27.6 Å². The minimum absolute atomic E-state index is 0.693. The standard InChI is InChI=1S/C19H13ClN2/c1-12-5-2-3-6-14(12)19-18-16(7-4-10-21-18)15-9-8-13(20)11-17(15)22-19/h2-11H,1H3. The zero-order chi connectivity index (χ0) is 15.1. The number of benzene rings is 2. The molecule has 4 aromatic rings. The van der Waals surface area contributed by atoms with Crippen LogP contribution >= 0.6 is 11.6 Å². The average Bonchev–Trinajstić information content (AvgIpc) is 2.54. The number of hydrogen-bond acceptors (Lipinski definition) is 2. The first-order valence-electron chi connectivity index (χ1n) is 7.14. The van der Waals surface area contributed by atoms with E-state index in [4.69, 9.17) is 16.6 Å². The Labute approximate surface area is 133 Å². The highest BCUT2D eigenvalue weighted by Crippen LogP contribution is 2.33. The Morgan fingerprint density at radius 2 is 1.77 bits per heavy atom. The molecule has 4 rings (SSSR count). The van der Waals surface area contributed by atoms with Gasteiger partial charge in [-0.25, -0.2) is 4.98 Å². The van der Waals surface area contributed by atoms with Crippen molar-refractivity contribution in [3.05, 3.63) is 71.4 Å². The molecule has 2 aromatic carbocycles. The molecule has 0 bridgehead atoms. The molecule has 0 aliphatic heterocycles. The first-order valence-corrected chi connectivity index (χ1v) is 7.52. The Hall–Kier alpha value is -2.45. The van der Waals surface area contributed by atoms with Crippen LogP contribution in [0.5, 0.6) is 0 Å². The summed E-state index contributed by atoms with van der Waals surface area (Å²) >= 11 is 6.14. The summed E-state index contributed by atoms with van der Waals surface area (Å²) in [6.45, 7) is 2.09. The third-order valence-corrected chi connectivity index (χ3v) is 4.15. The van der Waals surface area contributed by atoms with Gasteiger partial charge in [0.15, 0.2) is 0 Å². The van der Waals surface area contributed by atoms with Crippen molar-refractivity contribution in [3.63, 3.8) is 0 Å². The summed E-state index contributed by atoms with van der Waals surface area (Å²) in [7, 11) is 0. The Balaban J connectivity index is 2.19. The monoisotopic (exact) mass is 304 g/mol. The normalized spacial score (nSPS) is 11.2. The number of aryl methyl sites for hydroxylation is 1. The maximum atomic E-state index is 6.14. The van der Waals surface area contributed by atoms with Crippen molar-refractivity contribution in [2.45, 2.75) is 6.92 Å². The number of hydrogen-bond donors (Lipinski definition) is 0. The molecule has 2 nitrogen and oxygen atoms in total. The predicted molar refractivity (Wildman–Crippen MR) is 92.2 cm³/mol. The summed E-state index contributed by atoms with van der Waals surface area (Å²) in [4.78, 5) is 9.42. The number of rotatable bonds is 1. The number of halogens is 1. The van der Waals surface area contributed by atoms with Crippen LogP contribution in [0.3, 0.4) is 0 Å². The first-order chi connectivity index (χ1) is 10.7. The maximum Gasteiger partial charge on any atom is 0.0974 e. The van der Waals surface area contributed by atoms with Crippen molar-refractivity contribution in [2.24, 2.45) is 0 Å². The molecule has 2 aromatic heterocycles. The zero-order valence-corrected chi connectivity index (χ0v) is 12.8. The van der Waals surface area contributed by atoms with E-state index in [1.54, 1.807) is 0 Å². The van der Waals surface area contributed by atoms with Crippen LogP contribution < -0.4 is 0 Å². The van der Waals surface area contributed by atoms with E-state index in [0.29, 0.717) is 5.02 Å². The Morgan fingerprint density at radius 3 is 2.64 bits per heavy atom. The van der Waals surface area contributed by atoms with Crippen LogP contribution in [0, 0.1) is 6.92 Å². The maximum absolute atomic E-state index is 6.14. The number of nitrogens with zero attached hydrogens (tertiary/aromatic N) is 2. The summed E-state index contributed by atoms with van der Waals surface area (Å²) in [5.41, 5.74) is 5.01. The summed E-state index contributed by atoms with van der Waals surface area (Å²) in [5, 5.41) is 2.87. The molecular formula is C19H13ClN2. The highest BCUT2D eigenvalue weighted by Gasteiger charge is 2.12. The van der Waals surface area contributed by atoms with E-state index < -0.39 is 0 Å². The van der Waals surface area contributed by atoms with Crippen molar-refractivity contribution < 1.29 is 0 Å². The third-order valence-electron chi connectivity index (χ3n) is 3.91. The van der Waals surface area contributed by atoms with Crippen LogP contribution in [0.15, 0.2) is 60.8 Å². The van der Waals surface area contributed by atoms with Gasteiger partial charge in [0.2, 0.25) is 0 Å². The van der Waals surface area contributed by atoms with E-state index in [9.17, 15) is 0 Å². The molecule has 22 heavy (non-hydrogen) atoms. The molecule has 0 fully saturated rings. The van der Waals surface area contributed by atoms with Gasteiger partial charge in [0.25, 0.3) is 0 Å². The van der Waals surface area contributed by atoms with Crippen molar-refractivity contribution in [1.29, 1.82) is 0 Å². The highest BCUT2D eigenvalue weighted by molar-refractivity contribution is 6.31. The molecule has 0 saturated carbocycles. The smallest absolute Gasteiger partial charge is 0.0974 e. The van der Waals surface area contributed by atoms with Crippen molar-refractivity contribution in [3.8, 4) is 11.3 Å². The zero-order valence-electron chi connectivity index (χ0n) is 12.0. The number of pyridine rings is 2. The molecule has 0 saturated heterocycles. The fraction of sp³-hybridized carbons (Fsp3) is 0.0526. The van der Waals surface area contributed by atoms with Gasteiger partial charge in [0.05, 0.1) is 16.7 Å². The lowest BCUT2D eigenvalue weighted by atomic mass is 10.0. The molecule has 3 heteroatoms. The Kier molecular flexibility index (Phi) is 3.05. The second-order valence-electron chi connectivity index (χ2n) is 5.34. The van der Waals surface area contributed by atoms with E-state index in [1.807, 2.05) is 42.6 Å². The molecule has 0 spiro atoms. The minimum atomic E-state index is 0.693. The highest BCUT2D eigenvalue weighted by atomic mass is 35.5. The molecule has 0 aliphatic carbocycles. The van der Waals surface area contributed by atoms with E-state index in [0.717, 1.165) is 33.1 Å². The molecular weight excluding hydrogens is 292 g/mol. The van der Waals surface area contributed by atoms with Gasteiger partial charge < -0.3 is 0 Å². The van der Waals surface area contributed by atoms with Gasteiger partial charge >= 0.3 is 0 Å². The molecule has 0 unspecified atom stereocenters. The van der Waals surface area contributed by atoms with Crippen LogP contribution in [-0.2, 0) is 0 Å². The topological polar surface area (TPSA) is 25.8 Å². The average molecular weight is 305 g/mol. The molecule has 106 valence electrons. The molecule has 0 atom stereocenters. The van der Waals surface area contributed by atoms with E-state index in [1.165, 1.54) is 5.56 Å². The van der Waals surface area contributed by atoms with Crippen LogP contribution in [0.25, 0.3) is 33.1 Å². The summed E-state index contributed by atoms with van der Waals surface area (Å²) in [6, 6.07) is 18.1. The summed E-state index contributed by atoms with van der Waals surface area (Å²) in [6.07, 6.45) is 1.81. The lowest BCUT2D eigenvalue weighted by Crippen LogP contribution is -1.93. The van der Waals surface area contributed by atoms with Crippen LogP contribution in [0.2, 0.25) is 5.02 Å². The molecule has 2 heterocycles. The Morgan fingerprint density at radius 1 is 0.909 bits per heavy atom. The van der Waals surface area contributed by atoms with Crippen molar-refractivity contribution in [2.75, 3.05) is 0 Å². The summed E-state index contributed by atoms with van der Waals surface area (Å²) in [5.74, 6) is 0. The number of aromatic nitrogens is 2. The van der Waals surface area contributed by atoms with Gasteiger partial charge in [-0.1, -0.05) is 48.0 Å². The van der Waals surface area contributed by atoms with E-state index >= 15 is 0 Å². The fourth-order valence-corrected chi connectivity index (χ4v) is 3.00. The van der Waals surface area contributed by atoms with Crippen LogP contribution in [-0.4, -0.2) is 9.97 Å². The van der Waals surface area contributed by atoms with Gasteiger partial charge in [-0.05, 0) is 30.7 Å². The second kappa shape index (κ2) is 5.08. The van der Waals surface area contributed by atoms with Crippen molar-refractivity contribution >= 4 is 33.4 Å². The van der Waals surface area contributed by atoms with Crippen LogP contribution in [0.4, 0.5) is 0 Å². The minimum Gasteiger partial charge on any atom is -0.254 e. The lowest BCUT2D eigenvalue weighted by Gasteiger charge is -2.11. The van der Waals surface area contributed by atoms with Crippen molar-refractivity contribution in [1.82, 2.24) is 9.97 Å². The largest absolute Gasteiger partial charge is 0.254 e. The lowest BCUT2D eigenvalue weighted by molar-refractivity contribution is 1.33. The molecule has 0 amide bonds. The van der Waals surface area contributed by atoms with Gasteiger partial charge in [-0.15, -0.1) is 0 Å². The number of fused-ring (bicyclic) bond motifs is 3. The molecule has 0 aliphatic rings. The van der Waals surface area contributed by atoms with Gasteiger partial charge in [-0.3, -0.25) is 4.98 Å². The molecule has 0 N–H and O–H groups in total. The van der Waals surface area contributed by atoms with E-state index in [2.05, 4.69) is 30.1 Å². The first kappa shape index (κ1) is 13.2. The fourth-order valence-electron chi connectivity index (χ4n) is 2.84.